The predicted molar refractivity (Wildman–Crippen MR) is 105 cm³/mol. The van der Waals surface area contributed by atoms with Crippen LogP contribution in [0, 0.1) is 16.5 Å². The van der Waals surface area contributed by atoms with Crippen LogP contribution in [0.4, 0.5) is 4.39 Å². The Balaban J connectivity index is 1.63. The molecule has 2 aliphatic heterocycles. The molecule has 7 heteroatoms. The third-order valence-electron chi connectivity index (χ3n) is 5.79. The van der Waals surface area contributed by atoms with Gasteiger partial charge in [0.2, 0.25) is 4.77 Å². The van der Waals surface area contributed by atoms with Gasteiger partial charge in [0, 0.05) is 12.2 Å². The lowest BCUT2D eigenvalue weighted by Gasteiger charge is -2.26. The van der Waals surface area contributed by atoms with E-state index >= 15 is 0 Å². The molecule has 1 aromatic carbocycles. The van der Waals surface area contributed by atoms with E-state index in [9.17, 15) is 4.39 Å². The molecule has 3 heterocycles. The lowest BCUT2D eigenvalue weighted by atomic mass is 10.00. The van der Waals surface area contributed by atoms with E-state index in [0.717, 1.165) is 61.3 Å². The third kappa shape index (κ3) is 4.31. The van der Waals surface area contributed by atoms with Crippen molar-refractivity contribution in [3.05, 3.63) is 34.9 Å². The van der Waals surface area contributed by atoms with E-state index in [-0.39, 0.29) is 11.9 Å². The monoisotopic (exact) mass is 391 g/mol. The highest BCUT2D eigenvalue weighted by atomic mass is 32.1. The van der Waals surface area contributed by atoms with Crippen LogP contribution in [0.3, 0.4) is 0 Å². The van der Waals surface area contributed by atoms with Gasteiger partial charge in [0.15, 0.2) is 12.5 Å². The first-order valence-electron chi connectivity index (χ1n) is 9.99. The molecule has 1 N–H and O–H groups in total. The van der Waals surface area contributed by atoms with Crippen LogP contribution in [-0.4, -0.2) is 40.1 Å². The van der Waals surface area contributed by atoms with Crippen LogP contribution >= 0.6 is 12.2 Å². The first-order chi connectivity index (χ1) is 13.1. The first kappa shape index (κ1) is 18.8. The molecular formula is C20H28FN4OS+. The Hall–Kier alpha value is -1.57. The summed E-state index contributed by atoms with van der Waals surface area (Å²) in [5, 5.41) is 4.84. The number of rotatable bonds is 5. The van der Waals surface area contributed by atoms with E-state index in [4.69, 9.17) is 22.1 Å². The molecule has 2 fully saturated rings. The quantitative estimate of drug-likeness (QED) is 0.796. The number of nitrogens with zero attached hydrogens (tertiary/aromatic N) is 3. The summed E-state index contributed by atoms with van der Waals surface area (Å²) in [7, 11) is 0. The summed E-state index contributed by atoms with van der Waals surface area (Å²) >= 11 is 5.79. The highest BCUT2D eigenvalue weighted by Crippen LogP contribution is 2.22. The molecule has 5 nitrogen and oxygen atoms in total. The molecule has 0 aliphatic carbocycles. The number of piperidine rings is 1. The zero-order valence-electron chi connectivity index (χ0n) is 15.9. The van der Waals surface area contributed by atoms with Gasteiger partial charge < -0.3 is 9.64 Å². The average molecular weight is 392 g/mol. The van der Waals surface area contributed by atoms with Crippen LogP contribution in [0.2, 0.25) is 0 Å². The fraction of sp³-hybridized carbons (Fsp3) is 0.600. The fourth-order valence-corrected chi connectivity index (χ4v) is 4.32. The van der Waals surface area contributed by atoms with Gasteiger partial charge in [0.25, 0.3) is 0 Å². The first-order valence-corrected chi connectivity index (χ1v) is 10.4. The molecule has 27 heavy (non-hydrogen) atoms. The van der Waals surface area contributed by atoms with Gasteiger partial charge in [-0.1, -0.05) is 6.92 Å². The number of halogens is 1. The Morgan fingerprint density at radius 1 is 1.22 bits per heavy atom. The van der Waals surface area contributed by atoms with Gasteiger partial charge in [-0.3, -0.25) is 4.57 Å². The van der Waals surface area contributed by atoms with Crippen molar-refractivity contribution in [3.63, 3.8) is 0 Å². The zero-order valence-corrected chi connectivity index (χ0v) is 16.7. The molecule has 146 valence electrons. The summed E-state index contributed by atoms with van der Waals surface area (Å²) in [5.74, 6) is 1.38. The minimum absolute atomic E-state index is 0.178. The Morgan fingerprint density at radius 2 is 1.96 bits per heavy atom. The lowest BCUT2D eigenvalue weighted by molar-refractivity contribution is -0.929. The van der Waals surface area contributed by atoms with E-state index in [1.165, 1.54) is 29.9 Å². The van der Waals surface area contributed by atoms with Gasteiger partial charge >= 0.3 is 0 Å². The number of nitrogens with one attached hydrogen (secondary N) is 1. The zero-order chi connectivity index (χ0) is 18.8. The summed E-state index contributed by atoms with van der Waals surface area (Å²) in [6, 6.07) is 6.51. The maximum atomic E-state index is 13.4. The summed E-state index contributed by atoms with van der Waals surface area (Å²) in [5.41, 5.74) is 0.890. The standard InChI is InChI=1S/C20H27FN4OS/c1-15-8-10-23(11-9-15)14-25-20(27)24(13-18-3-2-12-26-18)19(22-25)16-4-6-17(21)7-5-16/h4-7,15,18H,2-3,8-14H2,1H3/p+1/t18-/m1/s1. The molecule has 4 rings (SSSR count). The molecular weight excluding hydrogens is 363 g/mol. The molecule has 2 saturated heterocycles. The molecule has 0 spiro atoms. The minimum Gasteiger partial charge on any atom is -0.376 e. The van der Waals surface area contributed by atoms with Gasteiger partial charge in [-0.2, -0.15) is 4.68 Å². The van der Waals surface area contributed by atoms with E-state index in [1.807, 2.05) is 4.68 Å². The Bertz CT molecular complexity index is 817. The predicted octanol–water partition coefficient (Wildman–Crippen LogP) is 2.67. The topological polar surface area (TPSA) is 36.4 Å². The molecule has 0 saturated carbocycles. The normalized spacial score (nSPS) is 25.8. The summed E-state index contributed by atoms with van der Waals surface area (Å²) < 4.78 is 24.0. The van der Waals surface area contributed by atoms with Crippen molar-refractivity contribution in [2.75, 3.05) is 19.7 Å². The number of hydrogen-bond donors (Lipinski definition) is 1. The van der Waals surface area contributed by atoms with E-state index in [1.54, 1.807) is 12.1 Å². The molecule has 0 radical (unpaired) electrons. The van der Waals surface area contributed by atoms with Gasteiger partial charge in [-0.15, -0.1) is 5.10 Å². The smallest absolute Gasteiger partial charge is 0.203 e. The van der Waals surface area contributed by atoms with Crippen molar-refractivity contribution >= 4 is 12.2 Å². The van der Waals surface area contributed by atoms with Crippen LogP contribution in [0.5, 0.6) is 0 Å². The molecule has 2 aromatic rings. The third-order valence-corrected chi connectivity index (χ3v) is 6.22. The molecule has 0 unspecified atom stereocenters. The lowest BCUT2D eigenvalue weighted by Crippen LogP contribution is -3.12. The van der Waals surface area contributed by atoms with Crippen molar-refractivity contribution in [2.45, 2.75) is 51.9 Å². The molecule has 1 aromatic heterocycles. The number of aromatic nitrogens is 3. The summed E-state index contributed by atoms with van der Waals surface area (Å²) in [6.45, 7) is 6.95. The van der Waals surface area contributed by atoms with Crippen molar-refractivity contribution in [2.24, 2.45) is 5.92 Å². The van der Waals surface area contributed by atoms with E-state index in [2.05, 4.69) is 11.5 Å². The summed E-state index contributed by atoms with van der Waals surface area (Å²) in [6.07, 6.45) is 4.82. The number of hydrogen-bond acceptors (Lipinski definition) is 3. The van der Waals surface area contributed by atoms with Crippen molar-refractivity contribution < 1.29 is 14.0 Å². The molecule has 2 aliphatic rings. The van der Waals surface area contributed by atoms with Crippen molar-refractivity contribution in [1.29, 1.82) is 0 Å². The minimum atomic E-state index is -0.241. The second-order valence-electron chi connectivity index (χ2n) is 7.95. The second-order valence-corrected chi connectivity index (χ2v) is 8.31. The van der Waals surface area contributed by atoms with Gasteiger partial charge in [-0.25, -0.2) is 4.39 Å². The van der Waals surface area contributed by atoms with Crippen LogP contribution in [0.1, 0.15) is 32.6 Å². The van der Waals surface area contributed by atoms with E-state index < -0.39 is 0 Å². The average Bonchev–Trinajstić information content (AvgIpc) is 3.28. The SMILES string of the molecule is CC1CC[NH+](Cn2nc(-c3ccc(F)cc3)n(C[C@H]3CCCO3)c2=S)CC1. The van der Waals surface area contributed by atoms with Gasteiger partial charge in [0.05, 0.1) is 25.7 Å². The maximum Gasteiger partial charge on any atom is 0.203 e. The Kier molecular flexibility index (Phi) is 5.71. The van der Waals surface area contributed by atoms with Crippen LogP contribution in [0.15, 0.2) is 24.3 Å². The van der Waals surface area contributed by atoms with Crippen LogP contribution in [0.25, 0.3) is 11.4 Å². The van der Waals surface area contributed by atoms with E-state index in [0.29, 0.717) is 6.54 Å². The number of benzene rings is 1. The number of quaternary nitrogens is 1. The van der Waals surface area contributed by atoms with Crippen molar-refractivity contribution in [1.82, 2.24) is 14.3 Å². The molecule has 0 amide bonds. The highest BCUT2D eigenvalue weighted by molar-refractivity contribution is 7.71. The Morgan fingerprint density at radius 3 is 2.63 bits per heavy atom. The summed E-state index contributed by atoms with van der Waals surface area (Å²) in [4.78, 5) is 1.52. The molecule has 0 bridgehead atoms. The van der Waals surface area contributed by atoms with Gasteiger partial charge in [0.1, 0.15) is 5.82 Å². The highest BCUT2D eigenvalue weighted by Gasteiger charge is 2.24. The van der Waals surface area contributed by atoms with Gasteiger partial charge in [-0.05, 0) is 68.1 Å². The van der Waals surface area contributed by atoms with Crippen LogP contribution in [-0.2, 0) is 18.0 Å². The Labute approximate surface area is 164 Å². The fourth-order valence-electron chi connectivity index (χ4n) is 4.05. The molecule has 1 atom stereocenters. The van der Waals surface area contributed by atoms with Crippen LogP contribution < -0.4 is 4.90 Å². The van der Waals surface area contributed by atoms with Crippen molar-refractivity contribution in [3.8, 4) is 11.4 Å². The largest absolute Gasteiger partial charge is 0.376 e. The second kappa shape index (κ2) is 8.20. The number of ether oxygens (including phenoxy) is 1. The number of likely N-dealkylation sites (tertiary alicyclic amines) is 1. The maximum absolute atomic E-state index is 13.4.